The van der Waals surface area contributed by atoms with Crippen molar-refractivity contribution in [1.29, 1.82) is 0 Å². The molecule has 1 aliphatic rings. The summed E-state index contributed by atoms with van der Waals surface area (Å²) in [7, 11) is 0. The van der Waals surface area contributed by atoms with Crippen LogP contribution in [0.3, 0.4) is 0 Å². The fraction of sp³-hybridized carbons (Fsp3) is 0.333. The van der Waals surface area contributed by atoms with E-state index in [-0.39, 0.29) is 12.2 Å². The van der Waals surface area contributed by atoms with Crippen molar-refractivity contribution < 1.29 is 15.7 Å². The van der Waals surface area contributed by atoms with Crippen LogP contribution in [0.25, 0.3) is 22.5 Å². The quantitative estimate of drug-likeness (QED) is 0.420. The van der Waals surface area contributed by atoms with Crippen LogP contribution in [-0.4, -0.2) is 39.9 Å². The molecule has 2 heterocycles. The van der Waals surface area contributed by atoms with Gasteiger partial charge in [0.15, 0.2) is 7.20 Å². The number of hydrogen-bond acceptors (Lipinski definition) is 3. The molecule has 1 aliphatic heterocycles. The van der Waals surface area contributed by atoms with E-state index in [9.17, 15) is 9.59 Å². The van der Waals surface area contributed by atoms with Gasteiger partial charge in [0.1, 0.15) is 5.60 Å². The number of benzene rings is 2. The Morgan fingerprint density at radius 3 is 2.18 bits per heavy atom. The number of amides is 1. The normalized spacial score (nSPS) is 16.5. The van der Waals surface area contributed by atoms with Gasteiger partial charge in [0.25, 0.3) is 0 Å². The van der Waals surface area contributed by atoms with Crippen molar-refractivity contribution in [1.82, 2.24) is 9.88 Å². The van der Waals surface area contributed by atoms with Crippen molar-refractivity contribution in [3.05, 3.63) is 70.7 Å². The molecular formula is C27H29BrN2O3. The van der Waals surface area contributed by atoms with Gasteiger partial charge in [-0.2, -0.15) is 0 Å². The number of rotatable bonds is 5. The molecule has 1 unspecified atom stereocenters. The van der Waals surface area contributed by atoms with Crippen molar-refractivity contribution in [2.24, 2.45) is 0 Å². The molecule has 0 radical (unpaired) electrons. The molecule has 1 aromatic heterocycles. The van der Waals surface area contributed by atoms with Gasteiger partial charge in [-0.3, -0.25) is 9.69 Å². The number of ether oxygens (including phenoxy) is 1. The first-order chi connectivity index (χ1) is 16.1. The lowest BCUT2D eigenvalue weighted by molar-refractivity contribution is -0.122. The number of aromatic nitrogens is 1. The SMILES string of the molecule is [2H]n1c(-c2ccc(Br)cc2)ccc1-c1ccc(CC(=O)C2CCCN2C(=O)OC(C)(C)C)cc1. The Kier molecular flexibility index (Phi) is 6.36. The highest BCUT2D eigenvalue weighted by atomic mass is 79.9. The van der Waals surface area contributed by atoms with E-state index >= 15 is 0 Å². The number of carbonyl (C=O) groups excluding carboxylic acids is 2. The predicted molar refractivity (Wildman–Crippen MR) is 134 cm³/mol. The molecule has 3 aromatic rings. The maximum absolute atomic E-state index is 13.0. The number of Topliss-reactive ketones (excluding diaryl/α,β-unsaturated/α-hetero) is 1. The lowest BCUT2D eigenvalue weighted by atomic mass is 10.0. The van der Waals surface area contributed by atoms with E-state index in [4.69, 9.17) is 6.15 Å². The summed E-state index contributed by atoms with van der Waals surface area (Å²) in [5.41, 5.74) is 3.77. The molecule has 4 rings (SSSR count). The smallest absolute Gasteiger partial charge is 0.410 e. The number of nitrogens with one attached hydrogen (secondary N) is 1. The molecule has 6 heteroatoms. The second-order valence-corrected chi connectivity index (χ2v) is 10.3. The highest BCUT2D eigenvalue weighted by Gasteiger charge is 2.36. The third kappa shape index (κ3) is 5.74. The standard InChI is InChI=1S/C27H29BrN2O3/c1-27(2,3)33-26(32)30-16-4-5-24(30)25(31)17-18-6-8-19(9-7-18)22-14-15-23(29-22)20-10-12-21(28)13-11-20/h6-15,24,29H,4-5,16-17H2,1-3H3/i/hD. The Morgan fingerprint density at radius 1 is 1.03 bits per heavy atom. The zero-order valence-electron chi connectivity index (χ0n) is 20.2. The van der Waals surface area contributed by atoms with Crippen LogP contribution in [-0.2, 0) is 16.0 Å². The van der Waals surface area contributed by atoms with Gasteiger partial charge in [-0.25, -0.2) is 4.79 Å². The summed E-state index contributed by atoms with van der Waals surface area (Å²) in [6.07, 6.45) is 1.31. The zero-order chi connectivity index (χ0) is 24.5. The molecule has 1 amide bonds. The van der Waals surface area contributed by atoms with Gasteiger partial charge < -0.3 is 9.71 Å². The van der Waals surface area contributed by atoms with E-state index in [2.05, 4.69) is 15.9 Å². The molecule has 1 N–H and O–H groups in total. The molecular weight excluding hydrogens is 480 g/mol. The summed E-state index contributed by atoms with van der Waals surface area (Å²) in [6.45, 7) is 6.03. The molecule has 0 spiro atoms. The summed E-state index contributed by atoms with van der Waals surface area (Å²) < 4.78 is 15.0. The maximum Gasteiger partial charge on any atom is 0.410 e. The highest BCUT2D eigenvalue weighted by Crippen LogP contribution is 2.27. The monoisotopic (exact) mass is 509 g/mol. The summed E-state index contributed by atoms with van der Waals surface area (Å²) >= 11 is 3.44. The predicted octanol–water partition coefficient (Wildman–Crippen LogP) is 6.62. The van der Waals surface area contributed by atoms with Crippen LogP contribution in [0.2, 0.25) is 1.41 Å². The van der Waals surface area contributed by atoms with E-state index < -0.39 is 17.7 Å². The Balaban J connectivity index is 1.45. The van der Waals surface area contributed by atoms with Crippen LogP contribution >= 0.6 is 15.9 Å². The lowest BCUT2D eigenvalue weighted by Crippen LogP contribution is -2.43. The molecule has 33 heavy (non-hydrogen) atoms. The summed E-state index contributed by atoms with van der Waals surface area (Å²) in [6, 6.07) is 19.0. The number of halogens is 1. The van der Waals surface area contributed by atoms with Crippen LogP contribution in [0, 0.1) is 0 Å². The Bertz CT molecular complexity index is 1180. The van der Waals surface area contributed by atoms with Gasteiger partial charge in [-0.15, -0.1) is 0 Å². The average molecular weight is 510 g/mol. The van der Waals surface area contributed by atoms with Crippen molar-refractivity contribution in [3.8, 4) is 22.5 Å². The molecule has 1 saturated heterocycles. The molecule has 0 saturated carbocycles. The van der Waals surface area contributed by atoms with E-state index in [1.165, 1.54) is 4.98 Å². The number of carbonyl (C=O) groups is 2. The lowest BCUT2D eigenvalue weighted by Gasteiger charge is -2.28. The van der Waals surface area contributed by atoms with Crippen LogP contribution in [0.15, 0.2) is 65.1 Å². The molecule has 5 nitrogen and oxygen atoms in total. The van der Waals surface area contributed by atoms with E-state index in [0.717, 1.165) is 39.0 Å². The molecule has 172 valence electrons. The number of ketones is 1. The van der Waals surface area contributed by atoms with Crippen LogP contribution in [0.5, 0.6) is 0 Å². The Hall–Kier alpha value is -2.86. The fourth-order valence-corrected chi connectivity index (χ4v) is 4.32. The van der Waals surface area contributed by atoms with Gasteiger partial charge in [-0.1, -0.05) is 52.3 Å². The first-order valence-electron chi connectivity index (χ1n) is 11.7. The van der Waals surface area contributed by atoms with Crippen LogP contribution in [0.1, 0.15) is 39.2 Å². The van der Waals surface area contributed by atoms with Crippen LogP contribution in [0.4, 0.5) is 4.79 Å². The van der Waals surface area contributed by atoms with Crippen molar-refractivity contribution in [2.75, 3.05) is 6.54 Å². The van der Waals surface area contributed by atoms with Crippen molar-refractivity contribution >= 4 is 27.8 Å². The summed E-state index contributed by atoms with van der Waals surface area (Å²) in [5, 5.41) is 0. The number of hydrogen-bond donors (Lipinski definition) is 1. The van der Waals surface area contributed by atoms with Crippen molar-refractivity contribution in [3.63, 3.8) is 0 Å². The Labute approximate surface area is 204 Å². The largest absolute Gasteiger partial charge is 0.444 e. The number of likely N-dealkylation sites (tertiary alicyclic amines) is 1. The molecule has 0 bridgehead atoms. The van der Waals surface area contributed by atoms with Gasteiger partial charge >= 0.3 is 6.09 Å². The van der Waals surface area contributed by atoms with Crippen LogP contribution < -0.4 is 0 Å². The molecule has 1 fully saturated rings. The first kappa shape index (κ1) is 22.0. The Morgan fingerprint density at radius 2 is 1.61 bits per heavy atom. The number of H-pyrrole nitrogens is 1. The van der Waals surface area contributed by atoms with Gasteiger partial charge in [0.05, 0.1) is 6.04 Å². The number of aromatic amines is 1. The zero-order valence-corrected chi connectivity index (χ0v) is 20.8. The maximum atomic E-state index is 13.0. The first-order valence-corrected chi connectivity index (χ1v) is 12.0. The van der Waals surface area contributed by atoms with E-state index in [1.807, 2.05) is 81.4 Å². The summed E-state index contributed by atoms with van der Waals surface area (Å²) in [5.74, 6) is 0.0255. The van der Waals surface area contributed by atoms with Gasteiger partial charge in [-0.05, 0) is 74.6 Å². The third-order valence-corrected chi connectivity index (χ3v) is 6.19. The summed E-state index contributed by atoms with van der Waals surface area (Å²) in [4.78, 5) is 28.5. The second kappa shape index (κ2) is 9.56. The molecule has 1 atom stereocenters. The molecule has 0 aliphatic carbocycles. The topological polar surface area (TPSA) is 62.4 Å². The minimum absolute atomic E-state index is 0.0255. The average Bonchev–Trinajstić information content (AvgIpc) is 3.41. The molecule has 2 aromatic carbocycles. The fourth-order valence-electron chi connectivity index (χ4n) is 4.06. The second-order valence-electron chi connectivity index (χ2n) is 9.39. The van der Waals surface area contributed by atoms with Gasteiger partial charge in [0, 0.05) is 28.8 Å². The minimum atomic E-state index is -0.587. The minimum Gasteiger partial charge on any atom is -0.444 e. The van der Waals surface area contributed by atoms with E-state index in [1.54, 1.807) is 4.90 Å². The number of nitrogens with zero attached hydrogens (tertiary/aromatic N) is 1. The van der Waals surface area contributed by atoms with E-state index in [0.29, 0.717) is 13.0 Å². The highest BCUT2D eigenvalue weighted by molar-refractivity contribution is 9.10. The third-order valence-electron chi connectivity index (χ3n) is 5.66. The van der Waals surface area contributed by atoms with Crippen molar-refractivity contribution in [2.45, 2.75) is 51.7 Å². The van der Waals surface area contributed by atoms with Gasteiger partial charge in [0.2, 0.25) is 0 Å².